The molecule has 6 heteroatoms. The van der Waals surface area contributed by atoms with E-state index in [-0.39, 0.29) is 5.28 Å². The number of thiophene rings is 1. The molecule has 0 unspecified atom stereocenters. The van der Waals surface area contributed by atoms with Crippen molar-refractivity contribution in [1.29, 1.82) is 0 Å². The molecule has 0 bridgehead atoms. The quantitative estimate of drug-likeness (QED) is 0.625. The van der Waals surface area contributed by atoms with Gasteiger partial charge in [-0.2, -0.15) is 4.98 Å². The number of rotatable bonds is 4. The maximum atomic E-state index is 5.82. The summed E-state index contributed by atoms with van der Waals surface area (Å²) in [5.74, 6) is 0.524. The third-order valence-electron chi connectivity index (χ3n) is 1.98. The van der Waals surface area contributed by atoms with Crippen molar-refractivity contribution in [3.05, 3.63) is 16.2 Å². The molecule has 2 aromatic heterocycles. The maximum absolute atomic E-state index is 5.82. The van der Waals surface area contributed by atoms with Gasteiger partial charge in [0.15, 0.2) is 0 Å². The van der Waals surface area contributed by atoms with Crippen LogP contribution < -0.4 is 4.74 Å². The highest BCUT2D eigenvalue weighted by Crippen LogP contribution is 2.30. The second-order valence-electron chi connectivity index (χ2n) is 3.21. The second-order valence-corrected chi connectivity index (χ2v) is 4.79. The van der Waals surface area contributed by atoms with Crippen LogP contribution in [0.2, 0.25) is 5.28 Å². The van der Waals surface area contributed by atoms with Crippen molar-refractivity contribution in [3.63, 3.8) is 0 Å². The van der Waals surface area contributed by atoms with Gasteiger partial charge >= 0.3 is 0 Å². The van der Waals surface area contributed by atoms with Gasteiger partial charge in [0.05, 0.1) is 12.0 Å². The van der Waals surface area contributed by atoms with E-state index in [4.69, 9.17) is 21.1 Å². The van der Waals surface area contributed by atoms with Gasteiger partial charge in [0.2, 0.25) is 11.2 Å². The van der Waals surface area contributed by atoms with Crippen LogP contribution in [0.5, 0.6) is 5.88 Å². The molecule has 0 radical (unpaired) electrons. The molecule has 0 amide bonds. The van der Waals surface area contributed by atoms with Crippen LogP contribution in [0.15, 0.2) is 6.07 Å². The van der Waals surface area contributed by atoms with Gasteiger partial charge in [0, 0.05) is 12.0 Å². The summed E-state index contributed by atoms with van der Waals surface area (Å²) in [6.45, 7) is 2.99. The van der Waals surface area contributed by atoms with Crippen LogP contribution in [0.1, 0.15) is 4.88 Å². The molecule has 2 aromatic rings. The molecule has 0 saturated carbocycles. The van der Waals surface area contributed by atoms with Crippen molar-refractivity contribution in [3.8, 4) is 5.88 Å². The summed E-state index contributed by atoms with van der Waals surface area (Å²) in [4.78, 5) is 10.2. The summed E-state index contributed by atoms with van der Waals surface area (Å²) in [7, 11) is 1.63. The van der Waals surface area contributed by atoms with Crippen LogP contribution in [0.3, 0.4) is 0 Å². The summed E-state index contributed by atoms with van der Waals surface area (Å²) >= 11 is 7.39. The number of ether oxygens (including phenoxy) is 2. The van der Waals surface area contributed by atoms with E-state index in [2.05, 4.69) is 9.97 Å². The Labute approximate surface area is 102 Å². The van der Waals surface area contributed by atoms with Crippen LogP contribution in [0.25, 0.3) is 10.2 Å². The summed E-state index contributed by atoms with van der Waals surface area (Å²) in [6, 6.07) is 2.00. The molecule has 16 heavy (non-hydrogen) atoms. The summed E-state index contributed by atoms with van der Waals surface area (Å²) in [5, 5.41) is 1.12. The van der Waals surface area contributed by atoms with E-state index in [1.165, 1.54) is 0 Å². The maximum Gasteiger partial charge on any atom is 0.227 e. The van der Waals surface area contributed by atoms with Gasteiger partial charge in [0.1, 0.15) is 11.4 Å². The number of fused-ring (bicyclic) bond motifs is 1. The zero-order chi connectivity index (χ0) is 11.5. The fraction of sp³-hybridized carbons (Fsp3) is 0.400. The molecule has 0 aliphatic carbocycles. The Bertz CT molecular complexity index is 501. The smallest absolute Gasteiger partial charge is 0.227 e. The molecule has 0 N–H and O–H groups in total. The Hall–Kier alpha value is -0.910. The molecule has 0 aliphatic heterocycles. The molecule has 86 valence electrons. The van der Waals surface area contributed by atoms with Crippen molar-refractivity contribution < 1.29 is 9.47 Å². The SMILES string of the molecule is COCCOc1nc(Cl)nc2sc(C)cc12. The van der Waals surface area contributed by atoms with Crippen molar-refractivity contribution in [2.24, 2.45) is 0 Å². The molecular weight excluding hydrogens is 248 g/mol. The molecule has 0 saturated heterocycles. The van der Waals surface area contributed by atoms with E-state index in [9.17, 15) is 0 Å². The lowest BCUT2D eigenvalue weighted by molar-refractivity contribution is 0.144. The minimum absolute atomic E-state index is 0.210. The minimum Gasteiger partial charge on any atom is -0.475 e. The summed E-state index contributed by atoms with van der Waals surface area (Å²) < 4.78 is 10.4. The van der Waals surface area contributed by atoms with Gasteiger partial charge in [-0.25, -0.2) is 4.98 Å². The topological polar surface area (TPSA) is 44.2 Å². The van der Waals surface area contributed by atoms with Crippen LogP contribution >= 0.6 is 22.9 Å². The highest BCUT2D eigenvalue weighted by atomic mass is 35.5. The van der Waals surface area contributed by atoms with Gasteiger partial charge in [-0.15, -0.1) is 11.3 Å². The number of hydrogen-bond donors (Lipinski definition) is 0. The Morgan fingerprint density at radius 2 is 2.19 bits per heavy atom. The highest BCUT2D eigenvalue weighted by molar-refractivity contribution is 7.18. The largest absolute Gasteiger partial charge is 0.475 e. The molecule has 2 rings (SSSR count). The number of nitrogens with zero attached hydrogens (tertiary/aromatic N) is 2. The Balaban J connectivity index is 2.34. The van der Waals surface area contributed by atoms with Gasteiger partial charge in [-0.1, -0.05) is 0 Å². The number of aryl methyl sites for hydroxylation is 1. The normalized spacial score (nSPS) is 10.9. The lowest BCUT2D eigenvalue weighted by Crippen LogP contribution is -2.05. The number of methoxy groups -OCH3 is 1. The zero-order valence-electron chi connectivity index (χ0n) is 8.99. The Kier molecular flexibility index (Phi) is 3.58. The third-order valence-corrected chi connectivity index (χ3v) is 3.09. The monoisotopic (exact) mass is 258 g/mol. The molecular formula is C10H11ClN2O2S. The average Bonchev–Trinajstić information content (AvgIpc) is 2.58. The van der Waals surface area contributed by atoms with Gasteiger partial charge < -0.3 is 9.47 Å². The Morgan fingerprint density at radius 3 is 2.94 bits per heavy atom. The standard InChI is InChI=1S/C10H11ClN2O2S/c1-6-5-7-8(15-4-3-14-2)12-10(11)13-9(7)16-6/h5H,3-4H2,1-2H3. The molecule has 4 nitrogen and oxygen atoms in total. The first-order chi connectivity index (χ1) is 7.70. The first kappa shape index (κ1) is 11.6. The van der Waals surface area contributed by atoms with Gasteiger partial charge in [0.25, 0.3) is 0 Å². The lowest BCUT2D eigenvalue weighted by atomic mass is 10.3. The third kappa shape index (κ3) is 2.42. The first-order valence-corrected chi connectivity index (χ1v) is 5.95. The van der Waals surface area contributed by atoms with Crippen molar-refractivity contribution in [2.75, 3.05) is 20.3 Å². The molecule has 0 spiro atoms. The van der Waals surface area contributed by atoms with E-state index in [1.807, 2.05) is 13.0 Å². The van der Waals surface area contributed by atoms with E-state index < -0.39 is 0 Å². The minimum atomic E-state index is 0.210. The predicted octanol–water partition coefficient (Wildman–Crippen LogP) is 2.68. The van der Waals surface area contributed by atoms with Crippen LogP contribution in [-0.2, 0) is 4.74 Å². The molecule has 0 aliphatic rings. The van der Waals surface area contributed by atoms with Crippen molar-refractivity contribution >= 4 is 33.2 Å². The van der Waals surface area contributed by atoms with E-state index in [0.29, 0.717) is 19.1 Å². The number of aromatic nitrogens is 2. The predicted molar refractivity (Wildman–Crippen MR) is 64.5 cm³/mol. The summed E-state index contributed by atoms with van der Waals surface area (Å²) in [6.07, 6.45) is 0. The zero-order valence-corrected chi connectivity index (χ0v) is 10.6. The lowest BCUT2D eigenvalue weighted by Gasteiger charge is -2.05. The van der Waals surface area contributed by atoms with Crippen molar-refractivity contribution in [1.82, 2.24) is 9.97 Å². The van der Waals surface area contributed by atoms with Crippen LogP contribution in [0, 0.1) is 6.92 Å². The highest BCUT2D eigenvalue weighted by Gasteiger charge is 2.10. The van der Waals surface area contributed by atoms with Crippen LogP contribution in [0.4, 0.5) is 0 Å². The number of halogens is 1. The Morgan fingerprint density at radius 1 is 1.38 bits per heavy atom. The van der Waals surface area contributed by atoms with Crippen LogP contribution in [-0.4, -0.2) is 30.3 Å². The van der Waals surface area contributed by atoms with Gasteiger partial charge in [-0.3, -0.25) is 0 Å². The fourth-order valence-corrected chi connectivity index (χ4v) is 2.40. The second kappa shape index (κ2) is 4.95. The van der Waals surface area contributed by atoms with E-state index in [1.54, 1.807) is 18.4 Å². The average molecular weight is 259 g/mol. The molecule has 0 fully saturated rings. The fourth-order valence-electron chi connectivity index (χ4n) is 1.32. The first-order valence-electron chi connectivity index (χ1n) is 4.76. The summed E-state index contributed by atoms with van der Waals surface area (Å²) in [5.41, 5.74) is 0. The molecule has 2 heterocycles. The molecule has 0 aromatic carbocycles. The van der Waals surface area contributed by atoms with E-state index in [0.717, 1.165) is 15.1 Å². The van der Waals surface area contributed by atoms with Gasteiger partial charge in [-0.05, 0) is 24.6 Å². The van der Waals surface area contributed by atoms with E-state index >= 15 is 0 Å². The van der Waals surface area contributed by atoms with Crippen molar-refractivity contribution in [2.45, 2.75) is 6.92 Å². The molecule has 0 atom stereocenters. The number of hydrogen-bond acceptors (Lipinski definition) is 5.